The lowest BCUT2D eigenvalue weighted by Crippen LogP contribution is -2.27. The Balaban J connectivity index is 1.71. The zero-order valence-corrected chi connectivity index (χ0v) is 21.4. The Morgan fingerprint density at radius 3 is 2.63 bits per heavy atom. The van der Waals surface area contributed by atoms with Crippen molar-refractivity contribution < 1.29 is 4.79 Å². The number of carbonyl (C=O) groups excluding carboxylic acids is 1. The number of thiophene rings is 1. The highest BCUT2D eigenvalue weighted by molar-refractivity contribution is 7.15. The number of hydrogen-bond donors (Lipinski definition) is 1. The van der Waals surface area contributed by atoms with Crippen molar-refractivity contribution in [1.29, 1.82) is 0 Å². The molecule has 35 heavy (non-hydrogen) atoms. The number of rotatable bonds is 5. The van der Waals surface area contributed by atoms with Gasteiger partial charge in [-0.05, 0) is 51.5 Å². The summed E-state index contributed by atoms with van der Waals surface area (Å²) in [5.74, 6) is 1.12. The van der Waals surface area contributed by atoms with Crippen molar-refractivity contribution in [3.8, 4) is 5.00 Å². The molecule has 0 atom stereocenters. The van der Waals surface area contributed by atoms with Gasteiger partial charge in [0.05, 0.1) is 6.54 Å². The maximum absolute atomic E-state index is 12.7. The number of anilines is 1. The summed E-state index contributed by atoms with van der Waals surface area (Å²) in [5.41, 5.74) is 5.05. The van der Waals surface area contributed by atoms with Crippen molar-refractivity contribution in [3.63, 3.8) is 0 Å². The van der Waals surface area contributed by atoms with Gasteiger partial charge >= 0.3 is 0 Å². The Bertz CT molecular complexity index is 1460. The second kappa shape index (κ2) is 9.24. The van der Waals surface area contributed by atoms with Crippen LogP contribution in [0, 0.1) is 20.8 Å². The van der Waals surface area contributed by atoms with Crippen molar-refractivity contribution >= 4 is 40.5 Å². The second-order valence-electron chi connectivity index (χ2n) is 8.23. The van der Waals surface area contributed by atoms with E-state index in [1.54, 1.807) is 22.5 Å². The molecule has 178 valence electrons. The Labute approximate surface area is 212 Å². The summed E-state index contributed by atoms with van der Waals surface area (Å²) >= 11 is 7.88. The minimum Gasteiger partial charge on any atom is -0.351 e. The van der Waals surface area contributed by atoms with Gasteiger partial charge in [-0.2, -0.15) is 5.10 Å². The van der Waals surface area contributed by atoms with E-state index in [0.29, 0.717) is 29.8 Å². The molecule has 1 N–H and O–H groups in total. The Hall–Kier alpha value is -3.56. The smallest absolute Gasteiger partial charge is 0.270 e. The van der Waals surface area contributed by atoms with Crippen LogP contribution >= 0.6 is 22.9 Å². The standard InChI is InChI=1S/C25H24ClN7OS/c1-5-27-23(34)22-18(7-6-12-28-22)13-32-25-30-29-16(4)33(25)24-20(14(2)15(3)35-24)21(31-32)17-8-10-19(26)11-9-17/h6-12H,5,13H2,1-4H3,(H,27,34). The number of amides is 1. The number of hydrazone groups is 1. The first kappa shape index (κ1) is 23.2. The van der Waals surface area contributed by atoms with Crippen LogP contribution in [0.2, 0.25) is 5.02 Å². The van der Waals surface area contributed by atoms with Gasteiger partial charge in [0.15, 0.2) is 0 Å². The zero-order chi connectivity index (χ0) is 24.7. The molecular weight excluding hydrogens is 482 g/mol. The fraction of sp³-hybridized carbons (Fsp3) is 0.240. The SMILES string of the molecule is CCNC(=O)c1ncccc1CN1N=C(c2ccc(Cl)cc2)c2c(sc(C)c2C)-n2c(C)nnc21. The normalized spacial score (nSPS) is 12.6. The molecule has 4 aromatic rings. The third kappa shape index (κ3) is 4.11. The van der Waals surface area contributed by atoms with E-state index >= 15 is 0 Å². The third-order valence-corrected chi connectivity index (χ3v) is 7.39. The summed E-state index contributed by atoms with van der Waals surface area (Å²) in [6.45, 7) is 8.84. The van der Waals surface area contributed by atoms with E-state index in [9.17, 15) is 4.79 Å². The second-order valence-corrected chi connectivity index (χ2v) is 9.87. The van der Waals surface area contributed by atoms with Crippen LogP contribution in [0.1, 0.15) is 50.4 Å². The molecule has 1 aromatic carbocycles. The van der Waals surface area contributed by atoms with Crippen LogP contribution < -0.4 is 10.3 Å². The van der Waals surface area contributed by atoms with E-state index in [1.807, 2.05) is 54.8 Å². The third-order valence-electron chi connectivity index (χ3n) is 5.95. The van der Waals surface area contributed by atoms with Gasteiger partial charge in [-0.15, -0.1) is 21.5 Å². The Morgan fingerprint density at radius 1 is 1.11 bits per heavy atom. The minimum absolute atomic E-state index is 0.219. The van der Waals surface area contributed by atoms with E-state index in [1.165, 1.54) is 4.88 Å². The van der Waals surface area contributed by atoms with E-state index in [4.69, 9.17) is 16.7 Å². The average molecular weight is 506 g/mol. The highest BCUT2D eigenvalue weighted by atomic mass is 35.5. The molecule has 4 heterocycles. The maximum atomic E-state index is 12.7. The molecule has 1 aliphatic heterocycles. The molecule has 0 bridgehead atoms. The number of pyridine rings is 1. The van der Waals surface area contributed by atoms with Crippen LogP contribution in [0.3, 0.4) is 0 Å². The molecular formula is C25H24ClN7OS. The summed E-state index contributed by atoms with van der Waals surface area (Å²) in [5, 5.41) is 20.3. The zero-order valence-electron chi connectivity index (χ0n) is 19.8. The average Bonchev–Trinajstić information content (AvgIpc) is 3.32. The van der Waals surface area contributed by atoms with E-state index in [2.05, 4.69) is 34.3 Å². The molecule has 0 aliphatic carbocycles. The lowest BCUT2D eigenvalue weighted by atomic mass is 10.00. The summed E-state index contributed by atoms with van der Waals surface area (Å²) < 4.78 is 2.04. The fourth-order valence-corrected chi connectivity index (χ4v) is 5.44. The Morgan fingerprint density at radius 2 is 1.89 bits per heavy atom. The minimum atomic E-state index is -0.219. The van der Waals surface area contributed by atoms with Gasteiger partial charge in [0.25, 0.3) is 11.9 Å². The summed E-state index contributed by atoms with van der Waals surface area (Å²) in [4.78, 5) is 18.2. The van der Waals surface area contributed by atoms with E-state index in [-0.39, 0.29) is 5.91 Å². The summed E-state index contributed by atoms with van der Waals surface area (Å²) in [6.07, 6.45) is 1.62. The van der Waals surface area contributed by atoms with Gasteiger partial charge in [-0.3, -0.25) is 14.3 Å². The number of benzene rings is 1. The molecule has 0 unspecified atom stereocenters. The van der Waals surface area contributed by atoms with Gasteiger partial charge in [0, 0.05) is 39.3 Å². The van der Waals surface area contributed by atoms with Crippen molar-refractivity contribution in [2.75, 3.05) is 11.6 Å². The molecule has 1 aliphatic rings. The molecule has 8 nitrogen and oxygen atoms in total. The van der Waals surface area contributed by atoms with E-state index in [0.717, 1.165) is 38.8 Å². The number of aryl methyl sites for hydroxylation is 2. The molecule has 0 saturated heterocycles. The molecule has 0 spiro atoms. The van der Waals surface area contributed by atoms with Gasteiger partial charge in [-0.25, -0.2) is 5.01 Å². The number of carbonyl (C=O) groups is 1. The number of aromatic nitrogens is 4. The van der Waals surface area contributed by atoms with Crippen LogP contribution in [0.15, 0.2) is 47.7 Å². The molecule has 0 saturated carbocycles. The molecule has 10 heteroatoms. The van der Waals surface area contributed by atoms with Crippen molar-refractivity contribution in [3.05, 3.63) is 86.3 Å². The monoisotopic (exact) mass is 505 g/mol. The molecule has 0 radical (unpaired) electrons. The van der Waals surface area contributed by atoms with Gasteiger partial charge in [0.1, 0.15) is 22.2 Å². The lowest BCUT2D eigenvalue weighted by molar-refractivity contribution is 0.0950. The van der Waals surface area contributed by atoms with Gasteiger partial charge < -0.3 is 5.32 Å². The van der Waals surface area contributed by atoms with Crippen LogP contribution in [0.5, 0.6) is 0 Å². The van der Waals surface area contributed by atoms with Gasteiger partial charge in [-0.1, -0.05) is 29.8 Å². The van der Waals surface area contributed by atoms with Crippen molar-refractivity contribution in [2.45, 2.75) is 34.2 Å². The molecule has 3 aromatic heterocycles. The van der Waals surface area contributed by atoms with Crippen LogP contribution in [0.4, 0.5) is 5.95 Å². The largest absolute Gasteiger partial charge is 0.351 e. The summed E-state index contributed by atoms with van der Waals surface area (Å²) in [7, 11) is 0. The molecule has 0 fully saturated rings. The first-order chi connectivity index (χ1) is 16.9. The van der Waals surface area contributed by atoms with Crippen molar-refractivity contribution in [1.82, 2.24) is 25.1 Å². The first-order valence-corrected chi connectivity index (χ1v) is 12.5. The highest BCUT2D eigenvalue weighted by Crippen LogP contribution is 2.38. The Kier molecular flexibility index (Phi) is 6.12. The van der Waals surface area contributed by atoms with Crippen LogP contribution in [-0.4, -0.2) is 37.9 Å². The lowest BCUT2D eigenvalue weighted by Gasteiger charge is -2.19. The number of nitrogens with one attached hydrogen (secondary N) is 1. The van der Waals surface area contributed by atoms with E-state index < -0.39 is 0 Å². The first-order valence-electron chi connectivity index (χ1n) is 11.3. The highest BCUT2D eigenvalue weighted by Gasteiger charge is 2.31. The molecule has 5 rings (SSSR count). The van der Waals surface area contributed by atoms with Crippen molar-refractivity contribution in [2.24, 2.45) is 5.10 Å². The van der Waals surface area contributed by atoms with Crippen LogP contribution in [0.25, 0.3) is 5.00 Å². The summed E-state index contributed by atoms with van der Waals surface area (Å²) in [6, 6.07) is 11.4. The predicted molar refractivity (Wildman–Crippen MR) is 139 cm³/mol. The predicted octanol–water partition coefficient (Wildman–Crippen LogP) is 4.82. The number of halogens is 1. The quantitative estimate of drug-likeness (QED) is 0.420. The van der Waals surface area contributed by atoms with Gasteiger partial charge in [0.2, 0.25) is 0 Å². The topological polar surface area (TPSA) is 88.3 Å². The van der Waals surface area contributed by atoms with Crippen LogP contribution in [-0.2, 0) is 6.54 Å². The fourth-order valence-electron chi connectivity index (χ4n) is 4.11. The number of hydrogen-bond acceptors (Lipinski definition) is 7. The number of fused-ring (bicyclic) bond motifs is 3. The molecule has 1 amide bonds. The number of nitrogens with zero attached hydrogens (tertiary/aromatic N) is 6. The maximum Gasteiger partial charge on any atom is 0.270 e.